The fraction of sp³-hybridized carbons (Fsp3) is 0.500. The number of benzene rings is 1. The Kier molecular flexibility index (Phi) is 8.24. The number of hydrogen-bond donors (Lipinski definition) is 1. The fourth-order valence-corrected chi connectivity index (χ4v) is 2.80. The Morgan fingerprint density at radius 1 is 1.10 bits per heavy atom. The van der Waals surface area contributed by atoms with Crippen molar-refractivity contribution in [3.8, 4) is 0 Å². The number of ether oxygens (including phenoxy) is 3. The molecular formula is C22H29NO6. The van der Waals surface area contributed by atoms with E-state index in [0.717, 1.165) is 31.2 Å². The first-order valence-electron chi connectivity index (χ1n) is 9.83. The molecule has 1 aliphatic carbocycles. The van der Waals surface area contributed by atoms with Crippen LogP contribution in [0.2, 0.25) is 0 Å². The number of esters is 2. The number of hydrogen-bond acceptors (Lipinski definition) is 6. The second kappa shape index (κ2) is 10.6. The summed E-state index contributed by atoms with van der Waals surface area (Å²) in [6.45, 7) is 5.28. The van der Waals surface area contributed by atoms with Crippen molar-refractivity contribution in [2.75, 3.05) is 0 Å². The molecule has 0 heterocycles. The maximum absolute atomic E-state index is 12.5. The smallest absolute Gasteiger partial charge is 0.412 e. The highest BCUT2D eigenvalue weighted by molar-refractivity contribution is 5.93. The van der Waals surface area contributed by atoms with E-state index in [4.69, 9.17) is 14.2 Å². The minimum absolute atomic E-state index is 0.122. The number of carbonyl (C=O) groups is 3. The van der Waals surface area contributed by atoms with E-state index in [1.165, 1.54) is 6.08 Å². The molecule has 7 heteroatoms. The van der Waals surface area contributed by atoms with E-state index in [1.807, 2.05) is 30.3 Å². The van der Waals surface area contributed by atoms with Crippen LogP contribution in [0, 0.1) is 0 Å². The van der Waals surface area contributed by atoms with E-state index in [2.05, 4.69) is 5.32 Å². The van der Waals surface area contributed by atoms with Gasteiger partial charge in [0.1, 0.15) is 24.0 Å². The van der Waals surface area contributed by atoms with E-state index < -0.39 is 23.6 Å². The zero-order chi connectivity index (χ0) is 21.3. The van der Waals surface area contributed by atoms with Gasteiger partial charge in [0.15, 0.2) is 0 Å². The minimum atomic E-state index is -0.787. The second-order valence-corrected chi connectivity index (χ2v) is 7.91. The van der Waals surface area contributed by atoms with Gasteiger partial charge in [0.25, 0.3) is 0 Å². The fourth-order valence-electron chi connectivity index (χ4n) is 2.80. The lowest BCUT2D eigenvalue weighted by Crippen LogP contribution is -2.35. The SMILES string of the molecule is CC(C)(C)OC(=O)N/C(=C/CC(=O)OCc1ccccc1)C(=O)OC1CCCC1. The molecule has 0 saturated heterocycles. The summed E-state index contributed by atoms with van der Waals surface area (Å²) in [5.74, 6) is -1.20. The van der Waals surface area contributed by atoms with Crippen molar-refractivity contribution < 1.29 is 28.6 Å². The normalized spacial score (nSPS) is 14.9. The van der Waals surface area contributed by atoms with Gasteiger partial charge in [0, 0.05) is 0 Å². The highest BCUT2D eigenvalue weighted by atomic mass is 16.6. The summed E-state index contributed by atoms with van der Waals surface area (Å²) < 4.78 is 15.8. The zero-order valence-electron chi connectivity index (χ0n) is 17.2. The summed E-state index contributed by atoms with van der Waals surface area (Å²) in [4.78, 5) is 36.6. The Morgan fingerprint density at radius 3 is 2.38 bits per heavy atom. The molecule has 29 heavy (non-hydrogen) atoms. The third-order valence-electron chi connectivity index (χ3n) is 4.15. The Morgan fingerprint density at radius 2 is 1.76 bits per heavy atom. The van der Waals surface area contributed by atoms with Gasteiger partial charge in [-0.25, -0.2) is 9.59 Å². The summed E-state index contributed by atoms with van der Waals surface area (Å²) in [5, 5.41) is 2.39. The van der Waals surface area contributed by atoms with Gasteiger partial charge in [-0.05, 0) is 58.1 Å². The third-order valence-corrected chi connectivity index (χ3v) is 4.15. The van der Waals surface area contributed by atoms with Gasteiger partial charge in [-0.1, -0.05) is 30.3 Å². The molecule has 1 saturated carbocycles. The highest BCUT2D eigenvalue weighted by Crippen LogP contribution is 2.22. The quantitative estimate of drug-likeness (QED) is 0.420. The van der Waals surface area contributed by atoms with Crippen LogP contribution in [0.4, 0.5) is 4.79 Å². The van der Waals surface area contributed by atoms with Gasteiger partial charge in [-0.3, -0.25) is 10.1 Å². The molecule has 1 aromatic rings. The number of carbonyl (C=O) groups excluding carboxylic acids is 3. The maximum Gasteiger partial charge on any atom is 0.412 e. The van der Waals surface area contributed by atoms with E-state index in [0.29, 0.717) is 0 Å². The molecule has 2 rings (SSSR count). The predicted molar refractivity (Wildman–Crippen MR) is 107 cm³/mol. The molecule has 0 spiro atoms. The minimum Gasteiger partial charge on any atom is -0.461 e. The Balaban J connectivity index is 1.96. The van der Waals surface area contributed by atoms with E-state index in [-0.39, 0.29) is 24.8 Å². The van der Waals surface area contributed by atoms with Crippen LogP contribution in [0.3, 0.4) is 0 Å². The molecular weight excluding hydrogens is 374 g/mol. The molecule has 0 unspecified atom stereocenters. The van der Waals surface area contributed by atoms with Gasteiger partial charge >= 0.3 is 18.0 Å². The van der Waals surface area contributed by atoms with Crippen LogP contribution < -0.4 is 5.32 Å². The average molecular weight is 403 g/mol. The molecule has 0 aromatic heterocycles. The first-order valence-corrected chi connectivity index (χ1v) is 9.83. The largest absolute Gasteiger partial charge is 0.461 e. The van der Waals surface area contributed by atoms with Crippen molar-refractivity contribution in [1.29, 1.82) is 0 Å². The number of amides is 1. The van der Waals surface area contributed by atoms with E-state index in [1.54, 1.807) is 20.8 Å². The van der Waals surface area contributed by atoms with Crippen LogP contribution in [0.15, 0.2) is 42.1 Å². The van der Waals surface area contributed by atoms with E-state index in [9.17, 15) is 14.4 Å². The van der Waals surface area contributed by atoms with Crippen molar-refractivity contribution in [2.24, 2.45) is 0 Å². The van der Waals surface area contributed by atoms with Crippen LogP contribution >= 0.6 is 0 Å². The van der Waals surface area contributed by atoms with Gasteiger partial charge in [0.05, 0.1) is 6.42 Å². The van der Waals surface area contributed by atoms with Crippen molar-refractivity contribution in [2.45, 2.75) is 71.2 Å². The molecule has 0 radical (unpaired) electrons. The van der Waals surface area contributed by atoms with Crippen molar-refractivity contribution >= 4 is 18.0 Å². The van der Waals surface area contributed by atoms with Crippen LogP contribution in [0.1, 0.15) is 58.4 Å². The highest BCUT2D eigenvalue weighted by Gasteiger charge is 2.24. The lowest BCUT2D eigenvalue weighted by Gasteiger charge is -2.20. The summed E-state index contributed by atoms with van der Waals surface area (Å²) in [6, 6.07) is 9.27. The van der Waals surface area contributed by atoms with Gasteiger partial charge in [0.2, 0.25) is 0 Å². The van der Waals surface area contributed by atoms with Crippen LogP contribution in [0.5, 0.6) is 0 Å². The topological polar surface area (TPSA) is 90.9 Å². The van der Waals surface area contributed by atoms with Crippen molar-refractivity contribution in [3.63, 3.8) is 0 Å². The summed E-state index contributed by atoms with van der Waals surface area (Å²) >= 11 is 0. The zero-order valence-corrected chi connectivity index (χ0v) is 17.2. The number of alkyl carbamates (subject to hydrolysis) is 1. The maximum atomic E-state index is 12.5. The number of rotatable bonds is 7. The molecule has 0 aliphatic heterocycles. The van der Waals surface area contributed by atoms with Gasteiger partial charge in [-0.2, -0.15) is 0 Å². The standard InChI is InChI=1S/C22H29NO6/c1-22(2,3)29-21(26)23-18(20(25)28-17-11-7-8-12-17)13-14-19(24)27-15-16-9-5-4-6-10-16/h4-6,9-10,13,17H,7-8,11-12,14-15H2,1-3H3,(H,23,26)/b18-13+. The predicted octanol–water partition coefficient (Wildman–Crippen LogP) is 4.01. The first kappa shape index (κ1) is 22.5. The Hall–Kier alpha value is -2.83. The summed E-state index contributed by atoms with van der Waals surface area (Å²) in [7, 11) is 0. The monoisotopic (exact) mass is 403 g/mol. The van der Waals surface area contributed by atoms with Crippen molar-refractivity contribution in [3.05, 3.63) is 47.7 Å². The van der Waals surface area contributed by atoms with Crippen molar-refractivity contribution in [1.82, 2.24) is 5.32 Å². The van der Waals surface area contributed by atoms with Crippen LogP contribution in [-0.4, -0.2) is 29.7 Å². The van der Waals surface area contributed by atoms with E-state index >= 15 is 0 Å². The first-order chi connectivity index (χ1) is 13.7. The second-order valence-electron chi connectivity index (χ2n) is 7.91. The molecule has 1 fully saturated rings. The summed E-state index contributed by atoms with van der Waals surface area (Å²) in [6.07, 6.45) is 3.76. The molecule has 1 aliphatic rings. The molecule has 0 atom stereocenters. The lowest BCUT2D eigenvalue weighted by atomic mass is 10.2. The van der Waals surface area contributed by atoms with Crippen LogP contribution in [-0.2, 0) is 30.4 Å². The van der Waals surface area contributed by atoms with Gasteiger partial charge in [-0.15, -0.1) is 0 Å². The molecule has 1 aromatic carbocycles. The molecule has 158 valence electrons. The van der Waals surface area contributed by atoms with Gasteiger partial charge < -0.3 is 14.2 Å². The Bertz CT molecular complexity index is 729. The number of nitrogens with one attached hydrogen (secondary N) is 1. The molecule has 1 amide bonds. The Labute approximate surface area is 171 Å². The van der Waals surface area contributed by atoms with Crippen LogP contribution in [0.25, 0.3) is 0 Å². The molecule has 0 bridgehead atoms. The molecule has 7 nitrogen and oxygen atoms in total. The third kappa shape index (κ3) is 8.81. The molecule has 1 N–H and O–H groups in total. The lowest BCUT2D eigenvalue weighted by molar-refractivity contribution is -0.144. The average Bonchev–Trinajstić information content (AvgIpc) is 3.15. The summed E-state index contributed by atoms with van der Waals surface area (Å²) in [5.41, 5.74) is 0.0134.